The molecular weight excluding hydrogens is 396 g/mol. The molecule has 4 aromatic rings. The maximum absolute atomic E-state index is 5.86. The molecule has 0 radical (unpaired) electrons. The SMILES string of the molecule is c1ccc2cc(C[C@@H]3COC(C4=N[C@H](Cc5ccc6ccccc6c5)CO4)=N3)ccc2c1. The number of benzene rings is 4. The lowest BCUT2D eigenvalue weighted by molar-refractivity contribution is 0.293. The van der Waals surface area contributed by atoms with Crippen LogP contribution in [0.3, 0.4) is 0 Å². The van der Waals surface area contributed by atoms with Gasteiger partial charge in [0, 0.05) is 0 Å². The summed E-state index contributed by atoms with van der Waals surface area (Å²) < 4.78 is 11.7. The minimum atomic E-state index is 0.0944. The molecule has 4 aromatic carbocycles. The highest BCUT2D eigenvalue weighted by atomic mass is 16.5. The summed E-state index contributed by atoms with van der Waals surface area (Å²) in [5.74, 6) is 1.11. The van der Waals surface area contributed by atoms with Gasteiger partial charge < -0.3 is 9.47 Å². The lowest BCUT2D eigenvalue weighted by atomic mass is 10.0. The Kier molecular flexibility index (Phi) is 4.83. The molecule has 0 fully saturated rings. The number of hydrogen-bond acceptors (Lipinski definition) is 4. The molecule has 2 aliphatic rings. The van der Waals surface area contributed by atoms with Crippen molar-refractivity contribution in [3.05, 3.63) is 96.1 Å². The van der Waals surface area contributed by atoms with E-state index in [1.54, 1.807) is 0 Å². The van der Waals surface area contributed by atoms with Gasteiger partial charge in [-0.25, -0.2) is 9.98 Å². The van der Waals surface area contributed by atoms with Gasteiger partial charge in [-0.3, -0.25) is 0 Å². The Bertz CT molecular complexity index is 1250. The summed E-state index contributed by atoms with van der Waals surface area (Å²) in [6.07, 6.45) is 1.70. The molecule has 158 valence electrons. The first-order valence-corrected chi connectivity index (χ1v) is 11.2. The summed E-state index contributed by atoms with van der Waals surface area (Å²) >= 11 is 0. The van der Waals surface area contributed by atoms with Crippen LogP contribution in [-0.4, -0.2) is 37.1 Å². The Morgan fingerprint density at radius 1 is 0.562 bits per heavy atom. The van der Waals surface area contributed by atoms with E-state index in [9.17, 15) is 0 Å². The largest absolute Gasteiger partial charge is 0.472 e. The zero-order valence-corrected chi connectivity index (χ0v) is 17.8. The van der Waals surface area contributed by atoms with E-state index >= 15 is 0 Å². The van der Waals surface area contributed by atoms with E-state index in [4.69, 9.17) is 19.5 Å². The highest BCUT2D eigenvalue weighted by Crippen LogP contribution is 2.22. The third-order valence-electron chi connectivity index (χ3n) is 6.18. The lowest BCUT2D eigenvalue weighted by Crippen LogP contribution is -2.14. The molecule has 0 aromatic heterocycles. The van der Waals surface area contributed by atoms with Crippen LogP contribution < -0.4 is 0 Å². The van der Waals surface area contributed by atoms with Crippen molar-refractivity contribution in [1.29, 1.82) is 0 Å². The summed E-state index contributed by atoms with van der Waals surface area (Å²) in [5, 5.41) is 5.03. The first-order valence-electron chi connectivity index (χ1n) is 11.2. The predicted molar refractivity (Wildman–Crippen MR) is 130 cm³/mol. The van der Waals surface area contributed by atoms with E-state index in [-0.39, 0.29) is 12.1 Å². The molecule has 0 saturated carbocycles. The highest BCUT2D eigenvalue weighted by Gasteiger charge is 2.29. The van der Waals surface area contributed by atoms with Crippen molar-refractivity contribution in [2.75, 3.05) is 13.2 Å². The Hall–Kier alpha value is -3.66. The van der Waals surface area contributed by atoms with Crippen LogP contribution in [0.5, 0.6) is 0 Å². The second kappa shape index (κ2) is 8.12. The summed E-state index contributed by atoms with van der Waals surface area (Å²) in [7, 11) is 0. The molecule has 0 aliphatic carbocycles. The van der Waals surface area contributed by atoms with Gasteiger partial charge in [-0.1, -0.05) is 84.9 Å². The summed E-state index contributed by atoms with van der Waals surface area (Å²) in [4.78, 5) is 9.53. The quantitative estimate of drug-likeness (QED) is 0.435. The fourth-order valence-electron chi connectivity index (χ4n) is 4.55. The average Bonchev–Trinajstić information content (AvgIpc) is 3.48. The van der Waals surface area contributed by atoms with E-state index in [2.05, 4.69) is 84.9 Å². The smallest absolute Gasteiger partial charge is 0.273 e. The monoisotopic (exact) mass is 420 g/mol. The molecule has 0 bridgehead atoms. The van der Waals surface area contributed by atoms with Crippen LogP contribution in [0.25, 0.3) is 21.5 Å². The van der Waals surface area contributed by atoms with E-state index < -0.39 is 0 Å². The van der Waals surface area contributed by atoms with Crippen LogP contribution in [0.4, 0.5) is 0 Å². The molecule has 32 heavy (non-hydrogen) atoms. The van der Waals surface area contributed by atoms with Crippen LogP contribution in [-0.2, 0) is 22.3 Å². The maximum Gasteiger partial charge on any atom is 0.273 e. The predicted octanol–water partition coefficient (Wildman–Crippen LogP) is 5.37. The fourth-order valence-corrected chi connectivity index (χ4v) is 4.55. The van der Waals surface area contributed by atoms with Gasteiger partial charge in [0.15, 0.2) is 0 Å². The third kappa shape index (κ3) is 3.84. The molecule has 0 saturated heterocycles. The molecule has 0 amide bonds. The van der Waals surface area contributed by atoms with Gasteiger partial charge in [-0.15, -0.1) is 0 Å². The van der Waals surface area contributed by atoms with Gasteiger partial charge in [0.25, 0.3) is 11.8 Å². The molecule has 2 atom stereocenters. The van der Waals surface area contributed by atoms with Gasteiger partial charge >= 0.3 is 0 Å². The minimum absolute atomic E-state index is 0.0944. The molecule has 0 unspecified atom stereocenters. The number of fused-ring (bicyclic) bond motifs is 2. The van der Waals surface area contributed by atoms with Gasteiger partial charge in [-0.05, 0) is 45.5 Å². The number of nitrogens with zero attached hydrogens (tertiary/aromatic N) is 2. The third-order valence-corrected chi connectivity index (χ3v) is 6.18. The summed E-state index contributed by atoms with van der Waals surface area (Å²) in [6, 6.07) is 30.2. The van der Waals surface area contributed by atoms with Crippen LogP contribution in [0.15, 0.2) is 94.9 Å². The molecule has 4 heteroatoms. The van der Waals surface area contributed by atoms with Crippen molar-refractivity contribution in [2.45, 2.75) is 24.9 Å². The average molecular weight is 421 g/mol. The molecule has 2 aliphatic heterocycles. The molecule has 0 spiro atoms. The van der Waals surface area contributed by atoms with Gasteiger partial charge in [0.05, 0.1) is 12.1 Å². The number of aliphatic imine (C=N–C) groups is 2. The van der Waals surface area contributed by atoms with Crippen molar-refractivity contribution in [3.63, 3.8) is 0 Å². The number of hydrogen-bond donors (Lipinski definition) is 0. The van der Waals surface area contributed by atoms with E-state index in [0.717, 1.165) is 12.8 Å². The first kappa shape index (κ1) is 19.1. The fraction of sp³-hybridized carbons (Fsp3) is 0.214. The molecular formula is C28H24N2O2. The van der Waals surface area contributed by atoms with Gasteiger partial charge in [0.2, 0.25) is 0 Å². The second-order valence-electron chi connectivity index (χ2n) is 8.57. The summed E-state index contributed by atoms with van der Waals surface area (Å²) in [6.45, 7) is 1.14. The normalized spacial score (nSPS) is 20.1. The summed E-state index contributed by atoms with van der Waals surface area (Å²) in [5.41, 5.74) is 2.54. The Labute approximate surface area is 187 Å². The minimum Gasteiger partial charge on any atom is -0.472 e. The first-order chi connectivity index (χ1) is 15.8. The van der Waals surface area contributed by atoms with Crippen molar-refractivity contribution < 1.29 is 9.47 Å². The number of ether oxygens (including phenoxy) is 2. The molecule has 4 nitrogen and oxygen atoms in total. The zero-order chi connectivity index (χ0) is 21.3. The zero-order valence-electron chi connectivity index (χ0n) is 17.8. The highest BCUT2D eigenvalue weighted by molar-refractivity contribution is 6.36. The van der Waals surface area contributed by atoms with Crippen molar-refractivity contribution >= 4 is 33.3 Å². The molecule has 2 heterocycles. The Morgan fingerprint density at radius 3 is 1.47 bits per heavy atom. The number of rotatable bonds is 5. The van der Waals surface area contributed by atoms with Crippen LogP contribution in [0.2, 0.25) is 0 Å². The second-order valence-corrected chi connectivity index (χ2v) is 8.57. The van der Waals surface area contributed by atoms with Crippen molar-refractivity contribution in [2.24, 2.45) is 9.98 Å². The van der Waals surface area contributed by atoms with Crippen LogP contribution in [0.1, 0.15) is 11.1 Å². The lowest BCUT2D eigenvalue weighted by Gasteiger charge is -2.06. The standard InChI is InChI=1S/C28H24N2O2/c1-3-7-23-13-19(9-11-21(23)5-1)15-25-17-31-27(29-25)28-30-26(18-32-28)16-20-10-12-22-6-2-4-8-24(22)14-20/h1-14,25-26H,15-18H2/t25-,26-/m1/s1. The molecule has 0 N–H and O–H groups in total. The van der Waals surface area contributed by atoms with E-state index in [1.807, 2.05) is 0 Å². The van der Waals surface area contributed by atoms with Crippen molar-refractivity contribution in [3.8, 4) is 0 Å². The van der Waals surface area contributed by atoms with Crippen LogP contribution in [0, 0.1) is 0 Å². The van der Waals surface area contributed by atoms with Crippen LogP contribution >= 0.6 is 0 Å². The van der Waals surface area contributed by atoms with Crippen molar-refractivity contribution in [1.82, 2.24) is 0 Å². The van der Waals surface area contributed by atoms with E-state index in [0.29, 0.717) is 25.0 Å². The molecule has 6 rings (SSSR count). The Morgan fingerprint density at radius 2 is 1.00 bits per heavy atom. The van der Waals surface area contributed by atoms with Gasteiger partial charge in [-0.2, -0.15) is 0 Å². The van der Waals surface area contributed by atoms with Gasteiger partial charge in [0.1, 0.15) is 13.2 Å². The maximum atomic E-state index is 5.86. The van der Waals surface area contributed by atoms with E-state index in [1.165, 1.54) is 32.7 Å². The topological polar surface area (TPSA) is 43.2 Å². The Balaban J connectivity index is 1.13.